The first kappa shape index (κ1) is 20.4. The summed E-state index contributed by atoms with van der Waals surface area (Å²) in [5.41, 5.74) is 3.00. The largest absolute Gasteiger partial charge is 0.365 e. The van der Waals surface area contributed by atoms with Gasteiger partial charge in [-0.25, -0.2) is 0 Å². The van der Waals surface area contributed by atoms with Crippen LogP contribution < -0.4 is 0 Å². The summed E-state index contributed by atoms with van der Waals surface area (Å²) in [5, 5.41) is 0. The zero-order chi connectivity index (χ0) is 20.9. The van der Waals surface area contributed by atoms with E-state index in [1.807, 2.05) is 72.6 Å². The average Bonchev–Trinajstić information content (AvgIpc) is 3.00. The predicted molar refractivity (Wildman–Crippen MR) is 119 cm³/mol. The van der Waals surface area contributed by atoms with Gasteiger partial charge in [0.25, 0.3) is 11.8 Å². The van der Waals surface area contributed by atoms with Crippen molar-refractivity contribution in [2.45, 2.75) is 57.5 Å². The molecule has 0 saturated heterocycles. The van der Waals surface area contributed by atoms with Gasteiger partial charge in [0.05, 0.1) is 5.57 Å². The number of carbonyl (C=O) groups excluding carboxylic acids is 2. The van der Waals surface area contributed by atoms with Crippen molar-refractivity contribution in [2.75, 3.05) is 7.05 Å². The van der Waals surface area contributed by atoms with E-state index in [0.29, 0.717) is 17.8 Å². The van der Waals surface area contributed by atoms with Crippen LogP contribution in [-0.4, -0.2) is 34.7 Å². The molecule has 156 valence electrons. The van der Waals surface area contributed by atoms with Gasteiger partial charge in [0.2, 0.25) is 0 Å². The molecule has 0 N–H and O–H groups in total. The minimum absolute atomic E-state index is 0.00615. The Bertz CT molecular complexity index is 913. The van der Waals surface area contributed by atoms with Gasteiger partial charge in [0.15, 0.2) is 0 Å². The molecule has 0 unspecified atom stereocenters. The van der Waals surface area contributed by atoms with Crippen molar-refractivity contribution in [3.63, 3.8) is 0 Å². The van der Waals surface area contributed by atoms with Crippen LogP contribution >= 0.6 is 0 Å². The lowest BCUT2D eigenvalue weighted by atomic mass is 9.95. The number of imide groups is 1. The molecule has 1 fully saturated rings. The van der Waals surface area contributed by atoms with E-state index in [1.54, 1.807) is 4.90 Å². The summed E-state index contributed by atoms with van der Waals surface area (Å²) in [4.78, 5) is 30.8. The highest BCUT2D eigenvalue weighted by Gasteiger charge is 2.43. The molecule has 1 aliphatic heterocycles. The molecule has 2 aromatic rings. The Morgan fingerprint density at radius 3 is 2.00 bits per heavy atom. The van der Waals surface area contributed by atoms with Gasteiger partial charge in [0, 0.05) is 19.6 Å². The standard InChI is InChI=1S/C26H30N2O2/c1-27(19-20-13-7-5-8-14-20)24-23(21-15-9-6-10-16-21)25(29)28(26(24)30)22-17-11-3-2-4-12-18-22/h5-10,13-16,22H,2-4,11-12,17-19H2,1H3. The van der Waals surface area contributed by atoms with Crippen LogP contribution in [0.4, 0.5) is 0 Å². The summed E-state index contributed by atoms with van der Waals surface area (Å²) in [7, 11) is 1.91. The van der Waals surface area contributed by atoms with Crippen LogP contribution in [-0.2, 0) is 16.1 Å². The van der Waals surface area contributed by atoms with Crippen molar-refractivity contribution in [3.05, 3.63) is 77.5 Å². The Balaban J connectivity index is 1.69. The fourth-order valence-corrected chi connectivity index (χ4v) is 4.71. The lowest BCUT2D eigenvalue weighted by Crippen LogP contribution is -2.42. The third-order valence-corrected chi connectivity index (χ3v) is 6.24. The second-order valence-electron chi connectivity index (χ2n) is 8.41. The topological polar surface area (TPSA) is 40.6 Å². The number of hydrogen-bond acceptors (Lipinski definition) is 3. The lowest BCUT2D eigenvalue weighted by molar-refractivity contribution is -0.140. The molecule has 1 aliphatic carbocycles. The summed E-state index contributed by atoms with van der Waals surface area (Å²) in [6.45, 7) is 0.587. The van der Waals surface area contributed by atoms with E-state index >= 15 is 0 Å². The summed E-state index contributed by atoms with van der Waals surface area (Å²) < 4.78 is 0. The molecule has 2 aromatic carbocycles. The van der Waals surface area contributed by atoms with E-state index in [2.05, 4.69) is 0 Å². The van der Waals surface area contributed by atoms with E-state index in [1.165, 1.54) is 19.3 Å². The van der Waals surface area contributed by atoms with Crippen molar-refractivity contribution in [1.29, 1.82) is 0 Å². The third-order valence-electron chi connectivity index (χ3n) is 6.24. The monoisotopic (exact) mass is 402 g/mol. The van der Waals surface area contributed by atoms with Crippen LogP contribution in [0, 0.1) is 0 Å². The van der Waals surface area contributed by atoms with Crippen molar-refractivity contribution in [1.82, 2.24) is 9.80 Å². The zero-order valence-corrected chi connectivity index (χ0v) is 17.7. The molecule has 4 rings (SSSR count). The Morgan fingerprint density at radius 1 is 0.800 bits per heavy atom. The van der Waals surface area contributed by atoms with Crippen LogP contribution in [0.15, 0.2) is 66.4 Å². The highest BCUT2D eigenvalue weighted by Crippen LogP contribution is 2.35. The van der Waals surface area contributed by atoms with Crippen molar-refractivity contribution in [2.24, 2.45) is 0 Å². The van der Waals surface area contributed by atoms with Gasteiger partial charge in [0.1, 0.15) is 5.70 Å². The van der Waals surface area contributed by atoms with Gasteiger partial charge in [-0.3, -0.25) is 14.5 Å². The minimum Gasteiger partial charge on any atom is -0.365 e. The molecule has 1 saturated carbocycles. The zero-order valence-electron chi connectivity index (χ0n) is 17.7. The van der Waals surface area contributed by atoms with Gasteiger partial charge in [-0.2, -0.15) is 0 Å². The van der Waals surface area contributed by atoms with Crippen LogP contribution in [0.3, 0.4) is 0 Å². The van der Waals surface area contributed by atoms with Crippen molar-refractivity contribution < 1.29 is 9.59 Å². The van der Waals surface area contributed by atoms with Crippen LogP contribution in [0.1, 0.15) is 56.1 Å². The molecular formula is C26H30N2O2. The lowest BCUT2D eigenvalue weighted by Gasteiger charge is -2.29. The maximum Gasteiger partial charge on any atom is 0.278 e. The number of likely N-dealkylation sites (N-methyl/N-ethyl adjacent to an activating group) is 1. The quantitative estimate of drug-likeness (QED) is 0.660. The highest BCUT2D eigenvalue weighted by atomic mass is 16.2. The fourth-order valence-electron chi connectivity index (χ4n) is 4.71. The van der Waals surface area contributed by atoms with Gasteiger partial charge >= 0.3 is 0 Å². The molecule has 1 heterocycles. The second-order valence-corrected chi connectivity index (χ2v) is 8.41. The van der Waals surface area contributed by atoms with Gasteiger partial charge in [-0.05, 0) is 24.0 Å². The number of rotatable bonds is 5. The normalized spacial score (nSPS) is 18.5. The van der Waals surface area contributed by atoms with Crippen molar-refractivity contribution >= 4 is 17.4 Å². The Labute approximate surface area is 179 Å². The van der Waals surface area contributed by atoms with E-state index in [4.69, 9.17) is 0 Å². The van der Waals surface area contributed by atoms with Crippen molar-refractivity contribution in [3.8, 4) is 0 Å². The summed E-state index contributed by atoms with van der Waals surface area (Å²) in [6, 6.07) is 19.7. The first-order valence-corrected chi connectivity index (χ1v) is 11.1. The smallest absolute Gasteiger partial charge is 0.278 e. The van der Waals surface area contributed by atoms with Gasteiger partial charge in [-0.1, -0.05) is 92.8 Å². The number of benzene rings is 2. The molecule has 0 bridgehead atoms. The van der Waals surface area contributed by atoms with Crippen LogP contribution in [0.5, 0.6) is 0 Å². The maximum atomic E-state index is 13.6. The van der Waals surface area contributed by atoms with E-state index < -0.39 is 0 Å². The summed E-state index contributed by atoms with van der Waals surface area (Å²) in [6.07, 6.45) is 7.62. The Hall–Kier alpha value is -2.88. The molecular weight excluding hydrogens is 372 g/mol. The number of hydrogen-bond donors (Lipinski definition) is 0. The molecule has 2 aliphatic rings. The molecule has 0 radical (unpaired) electrons. The summed E-state index contributed by atoms with van der Waals surface area (Å²) in [5.74, 6) is -0.269. The maximum absolute atomic E-state index is 13.6. The van der Waals surface area contributed by atoms with Crippen LogP contribution in [0.25, 0.3) is 5.57 Å². The highest BCUT2D eigenvalue weighted by molar-refractivity contribution is 6.35. The predicted octanol–water partition coefficient (Wildman–Crippen LogP) is 5.01. The van der Waals surface area contributed by atoms with Gasteiger partial charge in [-0.15, -0.1) is 0 Å². The van der Waals surface area contributed by atoms with E-state index in [-0.39, 0.29) is 17.9 Å². The molecule has 30 heavy (non-hydrogen) atoms. The van der Waals surface area contributed by atoms with E-state index in [0.717, 1.165) is 36.8 Å². The number of nitrogens with zero attached hydrogens (tertiary/aromatic N) is 2. The Morgan fingerprint density at radius 2 is 1.37 bits per heavy atom. The molecule has 0 atom stereocenters. The fraction of sp³-hybridized carbons (Fsp3) is 0.385. The Kier molecular flexibility index (Phi) is 6.32. The van der Waals surface area contributed by atoms with Crippen LogP contribution in [0.2, 0.25) is 0 Å². The molecule has 2 amide bonds. The molecule has 0 spiro atoms. The van der Waals surface area contributed by atoms with E-state index in [9.17, 15) is 9.59 Å². The first-order valence-electron chi connectivity index (χ1n) is 11.1. The number of carbonyl (C=O) groups is 2. The second kappa shape index (κ2) is 9.29. The minimum atomic E-state index is -0.136. The SMILES string of the molecule is CN(Cc1ccccc1)C1=C(c2ccccc2)C(=O)N(C2CCCCCCC2)C1=O. The molecule has 4 heteroatoms. The third kappa shape index (κ3) is 4.18. The molecule has 0 aromatic heterocycles. The average molecular weight is 403 g/mol. The first-order chi connectivity index (χ1) is 14.7. The number of amides is 2. The van der Waals surface area contributed by atoms with Gasteiger partial charge < -0.3 is 4.90 Å². The summed E-state index contributed by atoms with van der Waals surface area (Å²) >= 11 is 0. The molecule has 4 nitrogen and oxygen atoms in total.